The molecule has 10 heteroatoms. The highest BCUT2D eigenvalue weighted by Gasteiger charge is 2.16. The Morgan fingerprint density at radius 2 is 1.59 bits per heavy atom. The van der Waals surface area contributed by atoms with Crippen LogP contribution in [0.4, 0.5) is 0 Å². The fourth-order valence-corrected chi connectivity index (χ4v) is 2.28. The molecule has 0 aromatic rings. The summed E-state index contributed by atoms with van der Waals surface area (Å²) in [5.74, 6) is -0.844. The number of guanidine groups is 1. The zero-order chi connectivity index (χ0) is 20.3. The van der Waals surface area contributed by atoms with Crippen LogP contribution in [0.5, 0.6) is 0 Å². The minimum Gasteiger partial charge on any atom is -0.370 e. The van der Waals surface area contributed by atoms with Gasteiger partial charge >= 0.3 is 0 Å². The van der Waals surface area contributed by atoms with Gasteiger partial charge < -0.3 is 38.3 Å². The Balaban J connectivity index is 3.59. The number of hydrogen-bond donors (Lipinski definition) is 7. The maximum Gasteiger partial charge on any atom is 0.269 e. The Kier molecular flexibility index (Phi) is 16.3. The summed E-state index contributed by atoms with van der Waals surface area (Å²) in [7, 11) is 0. The van der Waals surface area contributed by atoms with E-state index >= 15 is 0 Å². The van der Waals surface area contributed by atoms with Crippen LogP contribution in [-0.2, 0) is 9.59 Å². The molecule has 0 radical (unpaired) electrons. The number of nitrogens with zero attached hydrogens (tertiary/aromatic N) is 1. The predicted molar refractivity (Wildman–Crippen MR) is 107 cm³/mol. The Morgan fingerprint density at radius 3 is 2.30 bits per heavy atom. The second-order valence-corrected chi connectivity index (χ2v) is 6.33. The van der Waals surface area contributed by atoms with E-state index in [0.717, 1.165) is 51.6 Å². The molecule has 0 aliphatic heterocycles. The largest absolute Gasteiger partial charge is 0.370 e. The van der Waals surface area contributed by atoms with Crippen LogP contribution in [0.1, 0.15) is 51.4 Å². The molecule has 0 saturated carbocycles. The lowest BCUT2D eigenvalue weighted by Gasteiger charge is -2.13. The monoisotopic (exact) mass is 387 g/mol. The van der Waals surface area contributed by atoms with Crippen LogP contribution in [0.2, 0.25) is 0 Å². The first-order valence-electron chi connectivity index (χ1n) is 9.68. The van der Waals surface area contributed by atoms with Crippen LogP contribution in [0, 0.1) is 0 Å². The van der Waals surface area contributed by atoms with Crippen LogP contribution in [0.25, 0.3) is 0 Å². The van der Waals surface area contributed by atoms with E-state index in [9.17, 15) is 14.7 Å². The zero-order valence-electron chi connectivity index (χ0n) is 16.2. The van der Waals surface area contributed by atoms with Crippen molar-refractivity contribution in [3.05, 3.63) is 0 Å². The number of nitrogens with one attached hydrogen (secondary N) is 3. The number of hydrogen-bond acceptors (Lipinski definition) is 6. The van der Waals surface area contributed by atoms with Crippen molar-refractivity contribution in [1.29, 1.82) is 0 Å². The van der Waals surface area contributed by atoms with E-state index in [1.165, 1.54) is 0 Å². The standard InChI is InChI=1S/C17H37N7O3/c18-9-7-11-21-10-5-6-12-22-15(26)16(27)24-14(25)8-3-1-2-4-13-23-17(19)20/h16,21,27H,1-13,18H2,(H,22,26)(H,24,25)(H4,19,20,23)/t16-/m1/s1. The van der Waals surface area contributed by atoms with E-state index in [0.29, 0.717) is 26.1 Å². The van der Waals surface area contributed by atoms with Crippen LogP contribution in [0.3, 0.4) is 0 Å². The minimum absolute atomic E-state index is 0.0841. The lowest BCUT2D eigenvalue weighted by Crippen LogP contribution is -2.46. The fraction of sp³-hybridized carbons (Fsp3) is 0.824. The van der Waals surface area contributed by atoms with Gasteiger partial charge in [0.05, 0.1) is 0 Å². The number of carbonyl (C=O) groups excluding carboxylic acids is 2. The van der Waals surface area contributed by atoms with Crippen molar-refractivity contribution in [2.45, 2.75) is 57.6 Å². The normalized spacial score (nSPS) is 11.6. The van der Waals surface area contributed by atoms with Crippen molar-refractivity contribution in [3.63, 3.8) is 0 Å². The van der Waals surface area contributed by atoms with Crippen molar-refractivity contribution in [3.8, 4) is 0 Å². The van der Waals surface area contributed by atoms with Crippen molar-refractivity contribution in [2.24, 2.45) is 22.2 Å². The third-order valence-corrected chi connectivity index (χ3v) is 3.79. The van der Waals surface area contributed by atoms with Crippen LogP contribution >= 0.6 is 0 Å². The first-order chi connectivity index (χ1) is 13.0. The Labute approximate surface area is 161 Å². The highest BCUT2D eigenvalue weighted by atomic mass is 16.3. The summed E-state index contributed by atoms with van der Waals surface area (Å²) in [4.78, 5) is 27.3. The van der Waals surface area contributed by atoms with E-state index in [-0.39, 0.29) is 18.3 Å². The summed E-state index contributed by atoms with van der Waals surface area (Å²) < 4.78 is 0. The molecule has 158 valence electrons. The van der Waals surface area contributed by atoms with Gasteiger partial charge in [0.2, 0.25) is 12.1 Å². The second kappa shape index (κ2) is 17.5. The Hall–Kier alpha value is -1.91. The van der Waals surface area contributed by atoms with Gasteiger partial charge in [-0.1, -0.05) is 12.8 Å². The van der Waals surface area contributed by atoms with Gasteiger partial charge in [0.15, 0.2) is 5.96 Å². The minimum atomic E-state index is -1.51. The number of nitrogens with two attached hydrogens (primary N) is 3. The van der Waals surface area contributed by atoms with Gasteiger partial charge in [0, 0.05) is 19.5 Å². The van der Waals surface area contributed by atoms with Gasteiger partial charge in [0.25, 0.3) is 5.91 Å². The molecule has 1 atom stereocenters. The molecule has 0 aromatic heterocycles. The van der Waals surface area contributed by atoms with Crippen molar-refractivity contribution in [1.82, 2.24) is 16.0 Å². The molecule has 10 N–H and O–H groups in total. The second-order valence-electron chi connectivity index (χ2n) is 6.33. The fourth-order valence-electron chi connectivity index (χ4n) is 2.28. The number of amides is 2. The average molecular weight is 388 g/mol. The number of carbonyl (C=O) groups is 2. The summed E-state index contributed by atoms with van der Waals surface area (Å²) in [6.07, 6.45) is 4.71. The van der Waals surface area contributed by atoms with Gasteiger partial charge in [-0.25, -0.2) is 0 Å². The van der Waals surface area contributed by atoms with E-state index in [4.69, 9.17) is 17.2 Å². The molecule has 0 aliphatic carbocycles. The third-order valence-electron chi connectivity index (χ3n) is 3.79. The lowest BCUT2D eigenvalue weighted by atomic mass is 10.1. The third kappa shape index (κ3) is 17.3. The summed E-state index contributed by atoms with van der Waals surface area (Å²) in [6, 6.07) is 0. The molecule has 2 amide bonds. The summed E-state index contributed by atoms with van der Waals surface area (Å²) in [6.45, 7) is 3.47. The quantitative estimate of drug-likeness (QED) is 0.0684. The molecular weight excluding hydrogens is 350 g/mol. The molecule has 0 aromatic carbocycles. The maximum atomic E-state index is 11.7. The number of aliphatic hydroxyl groups excluding tert-OH is 1. The van der Waals surface area contributed by atoms with Crippen LogP contribution < -0.4 is 33.2 Å². The van der Waals surface area contributed by atoms with Gasteiger partial charge in [-0.3, -0.25) is 14.6 Å². The lowest BCUT2D eigenvalue weighted by molar-refractivity contribution is -0.136. The van der Waals surface area contributed by atoms with Gasteiger partial charge in [-0.05, 0) is 51.7 Å². The molecule has 0 heterocycles. The van der Waals surface area contributed by atoms with Crippen molar-refractivity contribution < 1.29 is 14.7 Å². The zero-order valence-corrected chi connectivity index (χ0v) is 16.2. The number of unbranched alkanes of at least 4 members (excludes halogenated alkanes) is 4. The molecule has 10 nitrogen and oxygen atoms in total. The van der Waals surface area contributed by atoms with E-state index in [1.807, 2.05) is 0 Å². The Bertz CT molecular complexity index is 429. The van der Waals surface area contributed by atoms with Gasteiger partial charge in [-0.15, -0.1) is 0 Å². The molecule has 0 fully saturated rings. The van der Waals surface area contributed by atoms with Gasteiger partial charge in [0.1, 0.15) is 0 Å². The summed E-state index contributed by atoms with van der Waals surface area (Å²) >= 11 is 0. The Morgan fingerprint density at radius 1 is 0.926 bits per heavy atom. The molecule has 0 saturated heterocycles. The maximum absolute atomic E-state index is 11.7. The molecule has 0 aliphatic rings. The highest BCUT2D eigenvalue weighted by Crippen LogP contribution is 2.03. The van der Waals surface area contributed by atoms with Crippen molar-refractivity contribution in [2.75, 3.05) is 32.7 Å². The molecule has 0 bridgehead atoms. The molecule has 0 unspecified atom stereocenters. The summed E-state index contributed by atoms with van der Waals surface area (Å²) in [5.41, 5.74) is 15.8. The predicted octanol–water partition coefficient (Wildman–Crippen LogP) is -1.52. The van der Waals surface area contributed by atoms with E-state index < -0.39 is 12.1 Å². The number of aliphatic imine (C=N–C) groups is 1. The number of rotatable bonds is 17. The van der Waals surface area contributed by atoms with Crippen molar-refractivity contribution >= 4 is 17.8 Å². The first-order valence-corrected chi connectivity index (χ1v) is 9.68. The topological polar surface area (TPSA) is 181 Å². The first kappa shape index (κ1) is 25.1. The highest BCUT2D eigenvalue weighted by molar-refractivity contribution is 5.86. The molecule has 0 rings (SSSR count). The smallest absolute Gasteiger partial charge is 0.269 e. The SMILES string of the molecule is NCCCNCCCCNC(=O)[C@@H](O)NC(=O)CCCCCCN=C(N)N. The van der Waals surface area contributed by atoms with E-state index in [1.54, 1.807) is 0 Å². The van der Waals surface area contributed by atoms with Crippen LogP contribution in [-0.4, -0.2) is 61.8 Å². The van der Waals surface area contributed by atoms with E-state index in [2.05, 4.69) is 20.9 Å². The average Bonchev–Trinajstić information content (AvgIpc) is 2.62. The van der Waals surface area contributed by atoms with Crippen LogP contribution in [0.15, 0.2) is 4.99 Å². The van der Waals surface area contributed by atoms with Gasteiger partial charge in [-0.2, -0.15) is 0 Å². The molecule has 0 spiro atoms. The summed E-state index contributed by atoms with van der Waals surface area (Å²) in [5, 5.41) is 17.9. The number of aliphatic hydroxyl groups is 1. The molecule has 27 heavy (non-hydrogen) atoms. The molecular formula is C17H37N7O3.